The van der Waals surface area contributed by atoms with Gasteiger partial charge in [0.15, 0.2) is 0 Å². The molecule has 0 radical (unpaired) electrons. The van der Waals surface area contributed by atoms with Crippen LogP contribution in [0.4, 0.5) is 4.39 Å². The molecule has 0 bridgehead atoms. The number of benzene rings is 1. The van der Waals surface area contributed by atoms with E-state index >= 15 is 0 Å². The lowest BCUT2D eigenvalue weighted by atomic mass is 9.97. The van der Waals surface area contributed by atoms with E-state index in [-0.39, 0.29) is 5.82 Å². The van der Waals surface area contributed by atoms with Gasteiger partial charge >= 0.3 is 0 Å². The maximum atomic E-state index is 13.3. The molecule has 0 aliphatic rings. The summed E-state index contributed by atoms with van der Waals surface area (Å²) < 4.78 is 18.7. The fourth-order valence-corrected chi connectivity index (χ4v) is 1.98. The van der Waals surface area contributed by atoms with Crippen LogP contribution < -0.4 is 10.5 Å². The Morgan fingerprint density at radius 1 is 1.32 bits per heavy atom. The minimum atomic E-state index is -0.413. The molecule has 0 aliphatic carbocycles. The molecule has 2 aromatic rings. The van der Waals surface area contributed by atoms with E-state index < -0.39 is 6.04 Å². The average Bonchev–Trinajstić information content (AvgIpc) is 2.41. The minimum Gasteiger partial charge on any atom is -0.492 e. The van der Waals surface area contributed by atoms with E-state index in [9.17, 15) is 4.39 Å². The number of aryl methyl sites for hydroxylation is 1. The zero-order valence-corrected chi connectivity index (χ0v) is 11.1. The van der Waals surface area contributed by atoms with Gasteiger partial charge in [-0.3, -0.25) is 4.98 Å². The van der Waals surface area contributed by atoms with E-state index in [1.165, 1.54) is 12.1 Å². The molecular formula is C15H17FN2O. The maximum absolute atomic E-state index is 13.3. The van der Waals surface area contributed by atoms with Crippen LogP contribution in [0.2, 0.25) is 0 Å². The summed E-state index contributed by atoms with van der Waals surface area (Å²) in [4.78, 5) is 4.10. The van der Waals surface area contributed by atoms with Crippen molar-refractivity contribution in [3.05, 3.63) is 59.2 Å². The van der Waals surface area contributed by atoms with Crippen LogP contribution in [0.25, 0.3) is 0 Å². The summed E-state index contributed by atoms with van der Waals surface area (Å²) in [5, 5.41) is 0. The Morgan fingerprint density at radius 3 is 2.84 bits per heavy atom. The van der Waals surface area contributed by atoms with Crippen molar-refractivity contribution in [2.75, 3.05) is 6.61 Å². The molecule has 19 heavy (non-hydrogen) atoms. The van der Waals surface area contributed by atoms with Crippen LogP contribution in [0.15, 0.2) is 36.7 Å². The lowest BCUT2D eigenvalue weighted by molar-refractivity contribution is 0.338. The molecule has 0 saturated carbocycles. The second kappa shape index (κ2) is 5.80. The molecule has 100 valence electrons. The zero-order chi connectivity index (χ0) is 13.8. The number of nitrogens with zero attached hydrogens (tertiary/aromatic N) is 1. The summed E-state index contributed by atoms with van der Waals surface area (Å²) in [5.41, 5.74) is 8.71. The monoisotopic (exact) mass is 260 g/mol. The molecule has 0 aliphatic heterocycles. The Hall–Kier alpha value is -1.94. The smallest absolute Gasteiger partial charge is 0.137 e. The van der Waals surface area contributed by atoms with Crippen molar-refractivity contribution in [3.8, 4) is 5.75 Å². The fraction of sp³-hybridized carbons (Fsp3) is 0.267. The number of hydrogen-bond acceptors (Lipinski definition) is 3. The normalized spacial score (nSPS) is 12.2. The highest BCUT2D eigenvalue weighted by atomic mass is 19.1. The first-order chi connectivity index (χ1) is 9.11. The molecule has 4 heteroatoms. The summed E-state index contributed by atoms with van der Waals surface area (Å²) >= 11 is 0. The minimum absolute atomic E-state index is 0.287. The topological polar surface area (TPSA) is 48.1 Å². The largest absolute Gasteiger partial charge is 0.492 e. The predicted octanol–water partition coefficient (Wildman–Crippen LogP) is 2.98. The first-order valence-corrected chi connectivity index (χ1v) is 6.21. The van der Waals surface area contributed by atoms with Gasteiger partial charge in [0.2, 0.25) is 0 Å². The van der Waals surface area contributed by atoms with Crippen LogP contribution in [-0.2, 0) is 0 Å². The third-order valence-electron chi connectivity index (χ3n) is 2.98. The van der Waals surface area contributed by atoms with Crippen LogP contribution in [0.5, 0.6) is 5.75 Å². The number of aromatic nitrogens is 1. The number of halogens is 1. The van der Waals surface area contributed by atoms with Crippen molar-refractivity contribution in [3.63, 3.8) is 0 Å². The van der Waals surface area contributed by atoms with Gasteiger partial charge < -0.3 is 10.5 Å². The van der Waals surface area contributed by atoms with E-state index in [1.807, 2.05) is 19.9 Å². The third kappa shape index (κ3) is 3.09. The molecule has 0 saturated heterocycles. The lowest BCUT2D eigenvalue weighted by Gasteiger charge is -2.16. The van der Waals surface area contributed by atoms with Crippen molar-refractivity contribution < 1.29 is 9.13 Å². The summed E-state index contributed by atoms with van der Waals surface area (Å²) in [6, 6.07) is 6.05. The lowest BCUT2D eigenvalue weighted by Crippen LogP contribution is -2.14. The highest BCUT2D eigenvalue weighted by Gasteiger charge is 2.13. The second-order valence-electron chi connectivity index (χ2n) is 4.37. The van der Waals surface area contributed by atoms with Crippen molar-refractivity contribution >= 4 is 0 Å². The summed E-state index contributed by atoms with van der Waals surface area (Å²) in [7, 11) is 0. The van der Waals surface area contributed by atoms with Gasteiger partial charge in [0.1, 0.15) is 11.6 Å². The number of hydrogen-bond donors (Lipinski definition) is 1. The van der Waals surface area contributed by atoms with E-state index in [0.717, 1.165) is 16.7 Å². The van der Waals surface area contributed by atoms with Crippen LogP contribution in [-0.4, -0.2) is 11.6 Å². The molecule has 0 fully saturated rings. The number of ether oxygens (including phenoxy) is 1. The first kappa shape index (κ1) is 13.5. The molecule has 2 N–H and O–H groups in total. The Morgan fingerprint density at radius 2 is 2.11 bits per heavy atom. The number of rotatable bonds is 4. The van der Waals surface area contributed by atoms with Gasteiger partial charge in [-0.15, -0.1) is 0 Å². The quantitative estimate of drug-likeness (QED) is 0.919. The van der Waals surface area contributed by atoms with E-state index in [2.05, 4.69) is 4.98 Å². The number of nitrogens with two attached hydrogens (primary N) is 1. The van der Waals surface area contributed by atoms with E-state index in [4.69, 9.17) is 10.5 Å². The molecule has 1 unspecified atom stereocenters. The second-order valence-corrected chi connectivity index (χ2v) is 4.37. The van der Waals surface area contributed by atoms with Gasteiger partial charge in [0.25, 0.3) is 0 Å². The summed E-state index contributed by atoms with van der Waals surface area (Å²) in [6.07, 6.45) is 3.32. The Bertz CT molecular complexity index is 572. The van der Waals surface area contributed by atoms with Crippen molar-refractivity contribution in [2.45, 2.75) is 19.9 Å². The number of pyridine rings is 1. The molecule has 0 amide bonds. The molecular weight excluding hydrogens is 243 g/mol. The van der Waals surface area contributed by atoms with E-state index in [1.54, 1.807) is 18.5 Å². The summed E-state index contributed by atoms with van der Waals surface area (Å²) in [6.45, 7) is 4.39. The van der Waals surface area contributed by atoms with Gasteiger partial charge in [0.05, 0.1) is 18.8 Å². The highest BCUT2D eigenvalue weighted by molar-refractivity contribution is 5.38. The maximum Gasteiger partial charge on any atom is 0.137 e. The van der Waals surface area contributed by atoms with Crippen LogP contribution in [0, 0.1) is 12.7 Å². The van der Waals surface area contributed by atoms with E-state index in [0.29, 0.717) is 12.4 Å². The fourth-order valence-electron chi connectivity index (χ4n) is 1.98. The van der Waals surface area contributed by atoms with Crippen molar-refractivity contribution in [1.82, 2.24) is 4.98 Å². The zero-order valence-electron chi connectivity index (χ0n) is 11.1. The van der Waals surface area contributed by atoms with Gasteiger partial charge in [0, 0.05) is 6.20 Å². The van der Waals surface area contributed by atoms with Crippen molar-refractivity contribution in [1.29, 1.82) is 0 Å². The van der Waals surface area contributed by atoms with Gasteiger partial charge in [-0.05, 0) is 48.7 Å². The molecule has 1 atom stereocenters. The molecule has 3 nitrogen and oxygen atoms in total. The third-order valence-corrected chi connectivity index (χ3v) is 2.98. The van der Waals surface area contributed by atoms with Crippen LogP contribution >= 0.6 is 0 Å². The van der Waals surface area contributed by atoms with Crippen LogP contribution in [0.3, 0.4) is 0 Å². The predicted molar refractivity (Wildman–Crippen MR) is 72.6 cm³/mol. The molecule has 1 aromatic carbocycles. The average molecular weight is 260 g/mol. The SMILES string of the molecule is CCOc1cncc(C(N)c2cc(F)ccc2C)c1. The Labute approximate surface area is 112 Å². The van der Waals surface area contributed by atoms with Crippen molar-refractivity contribution in [2.24, 2.45) is 5.73 Å². The van der Waals surface area contributed by atoms with Crippen LogP contribution in [0.1, 0.15) is 29.7 Å². The molecule has 0 spiro atoms. The summed E-state index contributed by atoms with van der Waals surface area (Å²) in [5.74, 6) is 0.384. The van der Waals surface area contributed by atoms with Gasteiger partial charge in [-0.25, -0.2) is 4.39 Å². The molecule has 1 heterocycles. The molecule has 2 rings (SSSR count). The highest BCUT2D eigenvalue weighted by Crippen LogP contribution is 2.25. The first-order valence-electron chi connectivity index (χ1n) is 6.21. The Kier molecular flexibility index (Phi) is 4.12. The Balaban J connectivity index is 2.35. The standard InChI is InChI=1S/C15H17FN2O/c1-3-19-13-6-11(8-18-9-13)15(17)14-7-12(16)5-4-10(14)2/h4-9,15H,3,17H2,1-2H3. The van der Waals surface area contributed by atoms with Gasteiger partial charge in [-0.2, -0.15) is 0 Å². The van der Waals surface area contributed by atoms with Gasteiger partial charge in [-0.1, -0.05) is 6.07 Å². The molecule has 1 aromatic heterocycles.